The minimum absolute atomic E-state index is 0.277. The zero-order valence-corrected chi connectivity index (χ0v) is 6.35. The Morgan fingerprint density at radius 1 is 1.45 bits per heavy atom. The van der Waals surface area contributed by atoms with E-state index in [0.29, 0.717) is 5.57 Å². The second-order valence-electron chi connectivity index (χ2n) is 2.67. The van der Waals surface area contributed by atoms with Crippen molar-refractivity contribution in [3.05, 3.63) is 5.57 Å². The minimum Gasteiger partial charge on any atom is -0.317 e. The van der Waals surface area contributed by atoms with Crippen LogP contribution in [-0.4, -0.2) is 19.0 Å². The fraction of sp³-hybridized carbons (Fsp3) is 0.625. The fourth-order valence-corrected chi connectivity index (χ4v) is 1.33. The summed E-state index contributed by atoms with van der Waals surface area (Å²) in [6.07, 6.45) is 1.93. The molecule has 1 rings (SSSR count). The van der Waals surface area contributed by atoms with E-state index in [1.807, 2.05) is 6.07 Å². The number of nitriles is 1. The van der Waals surface area contributed by atoms with Crippen LogP contribution in [0.3, 0.4) is 0 Å². The monoisotopic (exact) mass is 149 g/mol. The zero-order chi connectivity index (χ0) is 8.10. The molecule has 3 nitrogen and oxygen atoms in total. The smallest absolute Gasteiger partial charge is 0.105 e. The largest absolute Gasteiger partial charge is 0.317 e. The zero-order valence-electron chi connectivity index (χ0n) is 6.35. The summed E-state index contributed by atoms with van der Waals surface area (Å²) in [5.41, 5.74) is 0.506. The van der Waals surface area contributed by atoms with E-state index in [1.165, 1.54) is 0 Å². The molecule has 58 valence electrons. The van der Waals surface area contributed by atoms with Crippen LogP contribution in [0.15, 0.2) is 5.57 Å². The van der Waals surface area contributed by atoms with Crippen LogP contribution in [0.25, 0.3) is 0 Å². The van der Waals surface area contributed by atoms with Crippen LogP contribution in [0, 0.1) is 22.7 Å². The highest BCUT2D eigenvalue weighted by molar-refractivity contribution is 5.61. The van der Waals surface area contributed by atoms with Crippen LogP contribution in [0.4, 0.5) is 0 Å². The number of hydrogen-bond donors (Lipinski definition) is 2. The molecular weight excluding hydrogens is 138 g/mol. The topological polar surface area (TPSA) is 59.7 Å². The quantitative estimate of drug-likeness (QED) is 0.425. The van der Waals surface area contributed by atoms with Gasteiger partial charge in [0.15, 0.2) is 0 Å². The average Bonchev–Trinajstić information content (AvgIpc) is 2.09. The van der Waals surface area contributed by atoms with Gasteiger partial charge in [0.25, 0.3) is 0 Å². The summed E-state index contributed by atoms with van der Waals surface area (Å²) in [4.78, 5) is 0. The molecule has 0 aromatic carbocycles. The van der Waals surface area contributed by atoms with E-state index in [0.717, 1.165) is 25.9 Å². The average molecular weight is 149 g/mol. The van der Waals surface area contributed by atoms with Gasteiger partial charge in [0, 0.05) is 5.92 Å². The molecule has 0 aromatic rings. The fourth-order valence-electron chi connectivity index (χ4n) is 1.33. The Balaban J connectivity index is 2.59. The maximum atomic E-state index is 8.59. The van der Waals surface area contributed by atoms with Gasteiger partial charge < -0.3 is 5.32 Å². The lowest BCUT2D eigenvalue weighted by Gasteiger charge is -2.20. The number of rotatable bonds is 1. The summed E-state index contributed by atoms with van der Waals surface area (Å²) >= 11 is 0. The second kappa shape index (κ2) is 3.92. The van der Waals surface area contributed by atoms with Crippen LogP contribution in [-0.2, 0) is 0 Å². The molecule has 0 aromatic heterocycles. The van der Waals surface area contributed by atoms with Crippen molar-refractivity contribution >= 4 is 5.87 Å². The molecule has 1 saturated heterocycles. The van der Waals surface area contributed by atoms with Crippen LogP contribution in [0.2, 0.25) is 0 Å². The Morgan fingerprint density at radius 3 is 2.55 bits per heavy atom. The summed E-state index contributed by atoms with van der Waals surface area (Å²) in [5, 5.41) is 18.7. The van der Waals surface area contributed by atoms with Crippen molar-refractivity contribution in [1.82, 2.24) is 5.32 Å². The summed E-state index contributed by atoms with van der Waals surface area (Å²) in [7, 11) is 0. The molecule has 0 bridgehead atoms. The number of nitrogens with zero attached hydrogens (tertiary/aromatic N) is 1. The second-order valence-corrected chi connectivity index (χ2v) is 2.67. The van der Waals surface area contributed by atoms with Gasteiger partial charge in [-0.05, 0) is 31.8 Å². The molecular formula is C8H11N3. The van der Waals surface area contributed by atoms with Crippen molar-refractivity contribution in [2.24, 2.45) is 5.92 Å². The van der Waals surface area contributed by atoms with E-state index in [2.05, 4.69) is 11.2 Å². The third kappa shape index (κ3) is 1.91. The molecule has 1 fully saturated rings. The van der Waals surface area contributed by atoms with E-state index in [-0.39, 0.29) is 5.92 Å². The number of hydrogen-bond acceptors (Lipinski definition) is 3. The first-order valence-corrected chi connectivity index (χ1v) is 3.79. The Kier molecular flexibility index (Phi) is 2.85. The molecule has 0 aliphatic carbocycles. The maximum Gasteiger partial charge on any atom is 0.105 e. The van der Waals surface area contributed by atoms with Crippen LogP contribution in [0.1, 0.15) is 12.8 Å². The van der Waals surface area contributed by atoms with Gasteiger partial charge in [-0.25, -0.2) is 0 Å². The van der Waals surface area contributed by atoms with E-state index in [4.69, 9.17) is 10.7 Å². The van der Waals surface area contributed by atoms with Crippen LogP contribution >= 0.6 is 0 Å². The van der Waals surface area contributed by atoms with Crippen molar-refractivity contribution in [2.75, 3.05) is 13.1 Å². The van der Waals surface area contributed by atoms with E-state index >= 15 is 0 Å². The molecule has 3 heteroatoms. The first-order chi connectivity index (χ1) is 5.38. The summed E-state index contributed by atoms with van der Waals surface area (Å²) in [5.74, 6) is 2.48. The van der Waals surface area contributed by atoms with Gasteiger partial charge in [-0.1, -0.05) is 0 Å². The highest BCUT2D eigenvalue weighted by Gasteiger charge is 2.16. The van der Waals surface area contributed by atoms with E-state index in [9.17, 15) is 0 Å². The van der Waals surface area contributed by atoms with Gasteiger partial charge in [-0.15, -0.1) is 0 Å². The first-order valence-electron chi connectivity index (χ1n) is 3.79. The van der Waals surface area contributed by atoms with E-state index < -0.39 is 0 Å². The number of piperidine rings is 1. The SMILES string of the molecule is N#CC(=C=N)C1CCNCC1. The van der Waals surface area contributed by atoms with Crippen LogP contribution in [0.5, 0.6) is 0 Å². The molecule has 2 N–H and O–H groups in total. The number of allylic oxidation sites excluding steroid dienone is 1. The molecule has 1 aliphatic heterocycles. The Hall–Kier alpha value is -1.10. The third-order valence-corrected chi connectivity index (χ3v) is 2.00. The lowest BCUT2D eigenvalue weighted by molar-refractivity contribution is 0.429. The maximum absolute atomic E-state index is 8.59. The van der Waals surface area contributed by atoms with Gasteiger partial charge in [0.1, 0.15) is 6.07 Å². The predicted octanol–water partition coefficient (Wildman–Crippen LogP) is 0.684. The lowest BCUT2D eigenvalue weighted by atomic mass is 9.91. The molecule has 0 spiro atoms. The first kappa shape index (κ1) is 8.00. The van der Waals surface area contributed by atoms with Gasteiger partial charge in [-0.3, -0.25) is 5.41 Å². The Bertz CT molecular complexity index is 214. The standard InChI is InChI=1S/C8H11N3/c9-5-8(6-10)7-1-3-11-4-2-7/h7,9,11H,1-4H2. The normalized spacial score (nSPS) is 18.5. The van der Waals surface area contributed by atoms with Gasteiger partial charge in [0.05, 0.1) is 5.57 Å². The molecule has 0 unspecified atom stereocenters. The molecule has 0 atom stereocenters. The summed E-state index contributed by atoms with van der Waals surface area (Å²) in [6.45, 7) is 1.91. The van der Waals surface area contributed by atoms with Gasteiger partial charge in [-0.2, -0.15) is 5.26 Å². The minimum atomic E-state index is 0.277. The Labute approximate surface area is 66.2 Å². The molecule has 0 radical (unpaired) electrons. The Morgan fingerprint density at radius 2 is 2.09 bits per heavy atom. The lowest BCUT2D eigenvalue weighted by Crippen LogP contribution is -2.28. The van der Waals surface area contributed by atoms with E-state index in [1.54, 1.807) is 0 Å². The highest BCUT2D eigenvalue weighted by Crippen LogP contribution is 2.18. The van der Waals surface area contributed by atoms with Crippen molar-refractivity contribution in [2.45, 2.75) is 12.8 Å². The highest BCUT2D eigenvalue weighted by atomic mass is 14.9. The molecule has 11 heavy (non-hydrogen) atoms. The van der Waals surface area contributed by atoms with Gasteiger partial charge in [0.2, 0.25) is 0 Å². The third-order valence-electron chi connectivity index (χ3n) is 2.00. The van der Waals surface area contributed by atoms with Crippen molar-refractivity contribution < 1.29 is 0 Å². The summed E-state index contributed by atoms with van der Waals surface area (Å²) in [6, 6.07) is 2.01. The summed E-state index contributed by atoms with van der Waals surface area (Å²) < 4.78 is 0. The van der Waals surface area contributed by atoms with Crippen LogP contribution < -0.4 is 5.32 Å². The number of nitrogens with one attached hydrogen (secondary N) is 2. The predicted molar refractivity (Wildman–Crippen MR) is 42.4 cm³/mol. The van der Waals surface area contributed by atoms with Crippen molar-refractivity contribution in [3.63, 3.8) is 0 Å². The molecule has 0 saturated carbocycles. The molecule has 1 aliphatic rings. The van der Waals surface area contributed by atoms with Gasteiger partial charge >= 0.3 is 0 Å². The molecule has 1 heterocycles. The van der Waals surface area contributed by atoms with Crippen molar-refractivity contribution in [3.8, 4) is 6.07 Å². The molecule has 0 amide bonds. The van der Waals surface area contributed by atoms with Crippen molar-refractivity contribution in [1.29, 1.82) is 10.7 Å².